The normalized spacial score (nSPS) is 13.8. The molecule has 106 valence electrons. The van der Waals surface area contributed by atoms with Gasteiger partial charge in [-0.05, 0) is 47.0 Å². The molecule has 2 N–H and O–H groups in total. The van der Waals surface area contributed by atoms with E-state index in [9.17, 15) is 4.39 Å². The van der Waals surface area contributed by atoms with E-state index in [-0.39, 0.29) is 5.82 Å². The second-order valence-corrected chi connectivity index (χ2v) is 5.80. The molecule has 2 aromatic carbocycles. The highest BCUT2D eigenvalue weighted by atomic mass is 79.9. The summed E-state index contributed by atoms with van der Waals surface area (Å²) in [6.45, 7) is 1.92. The van der Waals surface area contributed by atoms with Gasteiger partial charge in [0, 0.05) is 11.1 Å². The Morgan fingerprint density at radius 3 is 2.60 bits per heavy atom. The first-order valence-corrected chi connectivity index (χ1v) is 7.10. The lowest BCUT2D eigenvalue weighted by Gasteiger charge is -2.27. The van der Waals surface area contributed by atoms with Crippen molar-refractivity contribution in [1.29, 1.82) is 0 Å². The fourth-order valence-electron chi connectivity index (χ4n) is 2.29. The number of benzene rings is 2. The first kappa shape index (κ1) is 15.0. The van der Waals surface area contributed by atoms with Gasteiger partial charge in [-0.3, -0.25) is 0 Å². The minimum Gasteiger partial charge on any atom is -0.496 e. The highest BCUT2D eigenvalue weighted by Crippen LogP contribution is 2.33. The quantitative estimate of drug-likeness (QED) is 0.914. The molecule has 0 saturated heterocycles. The van der Waals surface area contributed by atoms with Crippen molar-refractivity contribution in [3.05, 3.63) is 63.9 Å². The van der Waals surface area contributed by atoms with Crippen LogP contribution in [0.4, 0.5) is 4.39 Å². The summed E-state index contributed by atoms with van der Waals surface area (Å²) >= 11 is 3.28. The summed E-state index contributed by atoms with van der Waals surface area (Å²) in [5.41, 5.74) is 7.53. The van der Waals surface area contributed by atoms with Crippen LogP contribution in [-0.4, -0.2) is 7.11 Å². The van der Waals surface area contributed by atoms with Crippen LogP contribution in [0.25, 0.3) is 0 Å². The molecule has 0 spiro atoms. The summed E-state index contributed by atoms with van der Waals surface area (Å²) in [6.07, 6.45) is 0.506. The van der Waals surface area contributed by atoms with E-state index in [1.807, 2.05) is 37.3 Å². The van der Waals surface area contributed by atoms with Crippen LogP contribution in [0.3, 0.4) is 0 Å². The molecule has 0 saturated carbocycles. The van der Waals surface area contributed by atoms with Gasteiger partial charge in [-0.25, -0.2) is 4.39 Å². The van der Waals surface area contributed by atoms with Gasteiger partial charge >= 0.3 is 0 Å². The van der Waals surface area contributed by atoms with Crippen molar-refractivity contribution in [3.63, 3.8) is 0 Å². The smallest absolute Gasteiger partial charge is 0.137 e. The summed E-state index contributed by atoms with van der Waals surface area (Å²) in [5, 5.41) is 0. The van der Waals surface area contributed by atoms with Gasteiger partial charge in [-0.15, -0.1) is 0 Å². The Hall–Kier alpha value is -1.39. The molecule has 4 heteroatoms. The molecule has 0 radical (unpaired) electrons. The molecule has 1 unspecified atom stereocenters. The predicted molar refractivity (Wildman–Crippen MR) is 82.3 cm³/mol. The van der Waals surface area contributed by atoms with Crippen LogP contribution in [0.5, 0.6) is 5.75 Å². The summed E-state index contributed by atoms with van der Waals surface area (Å²) in [6, 6.07) is 12.6. The molecule has 2 rings (SSSR count). The van der Waals surface area contributed by atoms with Gasteiger partial charge in [0.05, 0.1) is 11.6 Å². The molecule has 0 fully saturated rings. The van der Waals surface area contributed by atoms with E-state index in [0.717, 1.165) is 16.9 Å². The summed E-state index contributed by atoms with van der Waals surface area (Å²) in [7, 11) is 1.62. The highest BCUT2D eigenvalue weighted by Gasteiger charge is 2.26. The number of nitrogens with two attached hydrogens (primary N) is 1. The zero-order chi connectivity index (χ0) is 14.8. The fraction of sp³-hybridized carbons (Fsp3) is 0.250. The van der Waals surface area contributed by atoms with E-state index in [1.165, 1.54) is 6.07 Å². The van der Waals surface area contributed by atoms with Crippen LogP contribution in [0.2, 0.25) is 0 Å². The lowest BCUT2D eigenvalue weighted by molar-refractivity contribution is 0.386. The van der Waals surface area contributed by atoms with Crippen molar-refractivity contribution >= 4 is 15.9 Å². The van der Waals surface area contributed by atoms with Gasteiger partial charge in [0.2, 0.25) is 0 Å². The minimum absolute atomic E-state index is 0.279. The number of rotatable bonds is 4. The van der Waals surface area contributed by atoms with Crippen molar-refractivity contribution in [3.8, 4) is 5.75 Å². The maximum absolute atomic E-state index is 13.6. The Morgan fingerprint density at radius 1 is 1.20 bits per heavy atom. The molecule has 1 atom stereocenters. The van der Waals surface area contributed by atoms with Crippen LogP contribution < -0.4 is 10.5 Å². The third-order valence-corrected chi connectivity index (χ3v) is 4.20. The number of para-hydroxylation sites is 1. The van der Waals surface area contributed by atoms with E-state index >= 15 is 0 Å². The zero-order valence-corrected chi connectivity index (χ0v) is 13.1. The highest BCUT2D eigenvalue weighted by molar-refractivity contribution is 9.10. The summed E-state index contributed by atoms with van der Waals surface area (Å²) < 4.78 is 19.4. The second kappa shape index (κ2) is 5.94. The summed E-state index contributed by atoms with van der Waals surface area (Å²) in [4.78, 5) is 0. The average Bonchev–Trinajstić information content (AvgIpc) is 2.43. The van der Waals surface area contributed by atoms with Gasteiger partial charge in [0.25, 0.3) is 0 Å². The lowest BCUT2D eigenvalue weighted by atomic mass is 9.86. The molecule has 0 aliphatic carbocycles. The van der Waals surface area contributed by atoms with Crippen molar-refractivity contribution in [2.24, 2.45) is 5.73 Å². The predicted octanol–water partition coefficient (Wildman–Crippen LogP) is 4.01. The third kappa shape index (κ3) is 3.02. The van der Waals surface area contributed by atoms with E-state index in [1.54, 1.807) is 13.2 Å². The molecule has 20 heavy (non-hydrogen) atoms. The van der Waals surface area contributed by atoms with Gasteiger partial charge in [-0.1, -0.05) is 30.3 Å². The van der Waals surface area contributed by atoms with Crippen molar-refractivity contribution < 1.29 is 9.13 Å². The van der Waals surface area contributed by atoms with E-state index in [4.69, 9.17) is 10.5 Å². The monoisotopic (exact) mass is 337 g/mol. The SMILES string of the molecule is COc1ccccc1C(C)(N)Cc1cccc(F)c1Br. The molecule has 0 aliphatic heterocycles. The van der Waals surface area contributed by atoms with E-state index < -0.39 is 5.54 Å². The van der Waals surface area contributed by atoms with E-state index in [2.05, 4.69) is 15.9 Å². The number of hydrogen-bond acceptors (Lipinski definition) is 2. The first-order chi connectivity index (χ1) is 9.45. The minimum atomic E-state index is -0.650. The Balaban J connectivity index is 2.38. The summed E-state index contributed by atoms with van der Waals surface area (Å²) in [5.74, 6) is 0.461. The van der Waals surface area contributed by atoms with Crippen molar-refractivity contribution in [1.82, 2.24) is 0 Å². The van der Waals surface area contributed by atoms with Crippen molar-refractivity contribution in [2.75, 3.05) is 7.11 Å². The largest absolute Gasteiger partial charge is 0.496 e. The molecule has 0 bridgehead atoms. The second-order valence-electron chi connectivity index (χ2n) is 5.01. The molecule has 2 nitrogen and oxygen atoms in total. The molecular weight excluding hydrogens is 321 g/mol. The molecule has 2 aromatic rings. The number of halogens is 2. The van der Waals surface area contributed by atoms with E-state index in [0.29, 0.717) is 10.9 Å². The van der Waals surface area contributed by atoms with Crippen LogP contribution in [0, 0.1) is 5.82 Å². The Bertz CT molecular complexity index is 613. The van der Waals surface area contributed by atoms with Gasteiger partial charge < -0.3 is 10.5 Å². The van der Waals surface area contributed by atoms with Gasteiger partial charge in [0.15, 0.2) is 0 Å². The van der Waals surface area contributed by atoms with Crippen LogP contribution in [-0.2, 0) is 12.0 Å². The Kier molecular flexibility index (Phi) is 4.45. The standard InChI is InChI=1S/C16H17BrFNO/c1-16(19,12-7-3-4-9-14(12)20-2)10-11-6-5-8-13(18)15(11)17/h3-9H,10,19H2,1-2H3. The molecule has 0 aromatic heterocycles. The molecule has 0 heterocycles. The maximum atomic E-state index is 13.6. The maximum Gasteiger partial charge on any atom is 0.137 e. The fourth-order valence-corrected chi connectivity index (χ4v) is 2.70. The van der Waals surface area contributed by atoms with Crippen LogP contribution >= 0.6 is 15.9 Å². The van der Waals surface area contributed by atoms with Gasteiger partial charge in [0.1, 0.15) is 11.6 Å². The number of ether oxygens (including phenoxy) is 1. The third-order valence-electron chi connectivity index (χ3n) is 3.31. The van der Waals surface area contributed by atoms with Gasteiger partial charge in [-0.2, -0.15) is 0 Å². The first-order valence-electron chi connectivity index (χ1n) is 6.31. The van der Waals surface area contributed by atoms with Crippen LogP contribution in [0.15, 0.2) is 46.9 Å². The molecular formula is C16H17BrFNO. The van der Waals surface area contributed by atoms with Crippen LogP contribution in [0.1, 0.15) is 18.1 Å². The lowest BCUT2D eigenvalue weighted by Crippen LogP contribution is -2.36. The Labute approximate surface area is 126 Å². The topological polar surface area (TPSA) is 35.2 Å². The zero-order valence-electron chi connectivity index (χ0n) is 11.5. The molecule has 0 amide bonds. The number of hydrogen-bond donors (Lipinski definition) is 1. The Morgan fingerprint density at radius 2 is 1.90 bits per heavy atom. The average molecular weight is 338 g/mol. The number of methoxy groups -OCH3 is 1. The van der Waals surface area contributed by atoms with Crippen molar-refractivity contribution in [2.45, 2.75) is 18.9 Å². The molecule has 0 aliphatic rings.